The average molecular weight is 483 g/mol. The molecule has 3 aromatic carbocycles. The molecule has 0 atom stereocenters. The number of aryl methyl sites for hydroxylation is 2. The molecule has 0 fully saturated rings. The van der Waals surface area contributed by atoms with Crippen LogP contribution in [0.5, 0.6) is 0 Å². The highest BCUT2D eigenvalue weighted by Gasteiger charge is 2.18. The summed E-state index contributed by atoms with van der Waals surface area (Å²) in [4.78, 5) is 12.5. The minimum atomic E-state index is -3.45. The number of hydrogen-bond donors (Lipinski definition) is 1. The van der Waals surface area contributed by atoms with E-state index in [4.69, 9.17) is 0 Å². The van der Waals surface area contributed by atoms with Crippen LogP contribution in [0, 0.1) is 13.8 Å². The molecule has 0 aromatic heterocycles. The van der Waals surface area contributed by atoms with Crippen molar-refractivity contribution in [1.82, 2.24) is 5.32 Å². The summed E-state index contributed by atoms with van der Waals surface area (Å²) < 4.78 is 26.1. The topological polar surface area (TPSA) is 66.5 Å². The lowest BCUT2D eigenvalue weighted by Gasteiger charge is -2.23. The van der Waals surface area contributed by atoms with Gasteiger partial charge in [0.05, 0.1) is 18.5 Å². The van der Waals surface area contributed by atoms with E-state index in [0.717, 1.165) is 22.6 Å². The average Bonchev–Trinajstić information content (AvgIpc) is 2.78. The van der Waals surface area contributed by atoms with Crippen LogP contribution < -0.4 is 9.62 Å². The van der Waals surface area contributed by atoms with Crippen LogP contribution in [-0.2, 0) is 22.3 Å². The molecule has 0 aliphatic heterocycles. The van der Waals surface area contributed by atoms with E-state index in [1.165, 1.54) is 21.7 Å². The second-order valence-corrected chi connectivity index (χ2v) is 11.1. The third kappa shape index (κ3) is 7.37. The quantitative estimate of drug-likeness (QED) is 0.416. The fraction of sp³-hybridized carbons (Fsp3) is 0.269. The van der Waals surface area contributed by atoms with Crippen LogP contribution in [0.2, 0.25) is 0 Å². The van der Waals surface area contributed by atoms with Gasteiger partial charge in [-0.25, -0.2) is 8.42 Å². The maximum Gasteiger partial charge on any atom is 0.251 e. The van der Waals surface area contributed by atoms with E-state index in [9.17, 15) is 13.2 Å². The maximum atomic E-state index is 12.5. The van der Waals surface area contributed by atoms with Gasteiger partial charge in [0.1, 0.15) is 0 Å². The van der Waals surface area contributed by atoms with E-state index in [1.54, 1.807) is 42.1 Å². The van der Waals surface area contributed by atoms with Gasteiger partial charge in [0.2, 0.25) is 10.0 Å². The van der Waals surface area contributed by atoms with Crippen molar-refractivity contribution in [3.8, 4) is 0 Å². The fourth-order valence-electron chi connectivity index (χ4n) is 3.40. The van der Waals surface area contributed by atoms with Crippen molar-refractivity contribution < 1.29 is 13.2 Å². The van der Waals surface area contributed by atoms with Crippen molar-refractivity contribution in [3.63, 3.8) is 0 Å². The molecule has 0 aliphatic carbocycles. The van der Waals surface area contributed by atoms with Gasteiger partial charge < -0.3 is 5.32 Å². The summed E-state index contributed by atoms with van der Waals surface area (Å²) in [6, 6.07) is 22.8. The molecule has 3 aromatic rings. The van der Waals surface area contributed by atoms with E-state index < -0.39 is 10.0 Å². The Morgan fingerprint density at radius 3 is 2.36 bits per heavy atom. The molecule has 1 N–H and O–H groups in total. The number of amides is 1. The molecule has 0 bridgehead atoms. The Morgan fingerprint density at radius 1 is 0.970 bits per heavy atom. The molecule has 174 valence electrons. The van der Waals surface area contributed by atoms with Crippen LogP contribution in [0.4, 0.5) is 5.69 Å². The van der Waals surface area contributed by atoms with Crippen molar-refractivity contribution in [2.24, 2.45) is 0 Å². The fourth-order valence-corrected chi connectivity index (χ4v) is 5.22. The Hall–Kier alpha value is -2.77. The summed E-state index contributed by atoms with van der Waals surface area (Å²) in [7, 11) is -3.45. The molecule has 5 nitrogen and oxygen atoms in total. The van der Waals surface area contributed by atoms with Crippen molar-refractivity contribution >= 4 is 33.4 Å². The lowest BCUT2D eigenvalue weighted by atomic mass is 10.1. The first kappa shape index (κ1) is 24.9. The first-order chi connectivity index (χ1) is 15.7. The number of thioether (sulfide) groups is 1. The third-order valence-corrected chi connectivity index (χ3v) is 7.43. The second-order valence-electron chi connectivity index (χ2n) is 8.04. The molecule has 0 spiro atoms. The smallest absolute Gasteiger partial charge is 0.251 e. The summed E-state index contributed by atoms with van der Waals surface area (Å²) in [6.07, 6.45) is 1.20. The van der Waals surface area contributed by atoms with Crippen LogP contribution in [0.25, 0.3) is 0 Å². The van der Waals surface area contributed by atoms with Crippen molar-refractivity contribution in [1.29, 1.82) is 0 Å². The van der Waals surface area contributed by atoms with Gasteiger partial charge in [-0.15, -0.1) is 0 Å². The van der Waals surface area contributed by atoms with E-state index in [0.29, 0.717) is 17.8 Å². The van der Waals surface area contributed by atoms with E-state index in [1.807, 2.05) is 37.3 Å². The molecule has 0 unspecified atom stereocenters. The van der Waals surface area contributed by atoms with Crippen molar-refractivity contribution in [2.75, 3.05) is 22.9 Å². The van der Waals surface area contributed by atoms with E-state index in [-0.39, 0.29) is 12.5 Å². The SMILES string of the molecule is Cc1cccc(N(Cc2ccc(C(=O)NCCSCc3ccccc3C)cc2)S(C)(=O)=O)c1. The zero-order valence-corrected chi connectivity index (χ0v) is 20.9. The monoisotopic (exact) mass is 482 g/mol. The first-order valence-corrected chi connectivity index (χ1v) is 13.8. The highest BCUT2D eigenvalue weighted by molar-refractivity contribution is 7.98. The van der Waals surface area contributed by atoms with Gasteiger partial charge in [-0.2, -0.15) is 11.8 Å². The van der Waals surface area contributed by atoms with Crippen molar-refractivity contribution in [2.45, 2.75) is 26.1 Å². The Balaban J connectivity index is 1.53. The second kappa shape index (κ2) is 11.4. The molecule has 0 saturated carbocycles. The molecule has 0 saturated heterocycles. The zero-order valence-electron chi connectivity index (χ0n) is 19.2. The number of rotatable bonds is 10. The van der Waals surface area contributed by atoms with Gasteiger partial charge in [0.15, 0.2) is 0 Å². The third-order valence-electron chi connectivity index (χ3n) is 5.28. The number of sulfonamides is 1. The molecule has 0 aliphatic rings. The predicted molar refractivity (Wildman–Crippen MR) is 138 cm³/mol. The number of carbonyl (C=O) groups is 1. The van der Waals surface area contributed by atoms with E-state index >= 15 is 0 Å². The summed E-state index contributed by atoms with van der Waals surface area (Å²) in [5.41, 5.74) is 5.59. The molecule has 3 rings (SSSR count). The van der Waals surface area contributed by atoms with E-state index in [2.05, 4.69) is 24.4 Å². The summed E-state index contributed by atoms with van der Waals surface area (Å²) in [6.45, 7) is 4.84. The van der Waals surface area contributed by atoms with Crippen LogP contribution in [0.3, 0.4) is 0 Å². The Morgan fingerprint density at radius 2 is 1.70 bits per heavy atom. The molecular weight excluding hydrogens is 452 g/mol. The highest BCUT2D eigenvalue weighted by Crippen LogP contribution is 2.22. The van der Waals surface area contributed by atoms with Gasteiger partial charge in [-0.05, 0) is 60.4 Å². The standard InChI is InChI=1S/C26H30N2O3S2/c1-20-7-6-10-25(17-20)28(33(3,30)31)18-22-11-13-23(14-12-22)26(29)27-15-16-32-19-24-9-5-4-8-21(24)2/h4-14,17H,15-16,18-19H2,1-3H3,(H,27,29). The minimum Gasteiger partial charge on any atom is -0.351 e. The van der Waals surface area contributed by atoms with Gasteiger partial charge in [-0.3, -0.25) is 9.10 Å². The van der Waals surface area contributed by atoms with Gasteiger partial charge in [-0.1, -0.05) is 48.5 Å². The van der Waals surface area contributed by atoms with Gasteiger partial charge in [0, 0.05) is 23.6 Å². The number of hydrogen-bond acceptors (Lipinski definition) is 4. The largest absolute Gasteiger partial charge is 0.351 e. The van der Waals surface area contributed by atoms with Gasteiger partial charge >= 0.3 is 0 Å². The van der Waals surface area contributed by atoms with Crippen LogP contribution >= 0.6 is 11.8 Å². The normalized spacial score (nSPS) is 11.2. The molecule has 0 radical (unpaired) electrons. The number of nitrogens with zero attached hydrogens (tertiary/aromatic N) is 1. The Kier molecular flexibility index (Phi) is 8.58. The molecule has 1 amide bonds. The molecule has 33 heavy (non-hydrogen) atoms. The van der Waals surface area contributed by atoms with Crippen molar-refractivity contribution in [3.05, 3.63) is 101 Å². The predicted octanol–water partition coefficient (Wildman–Crippen LogP) is 4.93. The molecular formula is C26H30N2O3S2. The number of carbonyl (C=O) groups excluding carboxylic acids is 1. The summed E-state index contributed by atoms with van der Waals surface area (Å²) in [5, 5.41) is 2.95. The number of benzene rings is 3. The van der Waals surface area contributed by atoms with Gasteiger partial charge in [0.25, 0.3) is 5.91 Å². The first-order valence-electron chi connectivity index (χ1n) is 10.8. The number of nitrogens with one attached hydrogen (secondary N) is 1. The Bertz CT molecular complexity index is 1190. The number of anilines is 1. The van der Waals surface area contributed by atoms with Crippen LogP contribution in [0.15, 0.2) is 72.8 Å². The van der Waals surface area contributed by atoms with Crippen LogP contribution in [0.1, 0.15) is 32.6 Å². The molecule has 7 heteroatoms. The highest BCUT2D eigenvalue weighted by atomic mass is 32.2. The lowest BCUT2D eigenvalue weighted by Crippen LogP contribution is -2.29. The molecule has 0 heterocycles. The maximum absolute atomic E-state index is 12.5. The minimum absolute atomic E-state index is 0.128. The zero-order chi connectivity index (χ0) is 23.8. The summed E-state index contributed by atoms with van der Waals surface area (Å²) in [5.74, 6) is 1.63. The summed E-state index contributed by atoms with van der Waals surface area (Å²) >= 11 is 1.79. The Labute approximate surface area is 201 Å². The lowest BCUT2D eigenvalue weighted by molar-refractivity contribution is 0.0956. The van der Waals surface area contributed by atoms with Crippen LogP contribution in [-0.4, -0.2) is 32.9 Å².